The van der Waals surface area contributed by atoms with Crippen molar-refractivity contribution in [2.45, 2.75) is 59.1 Å². The minimum atomic E-state index is 0.529. The number of hydrogen-bond acceptors (Lipinski definition) is 3. The molecule has 160 valence electrons. The molecule has 0 saturated heterocycles. The van der Waals surface area contributed by atoms with Crippen molar-refractivity contribution >= 4 is 11.6 Å². The minimum absolute atomic E-state index is 0.529. The van der Waals surface area contributed by atoms with Crippen LogP contribution in [0.2, 0.25) is 5.02 Å². The molecule has 2 rings (SSSR count). The fourth-order valence-corrected chi connectivity index (χ4v) is 3.54. The zero-order chi connectivity index (χ0) is 20.7. The number of nitrogens with one attached hydrogen (secondary N) is 1. The van der Waals surface area contributed by atoms with Crippen molar-refractivity contribution in [1.82, 2.24) is 10.2 Å². The van der Waals surface area contributed by atoms with Crippen molar-refractivity contribution in [2.24, 2.45) is 0 Å². The Bertz CT molecular complexity index is 684. The van der Waals surface area contributed by atoms with Crippen LogP contribution in [0, 0.1) is 0 Å². The molecule has 0 radical (unpaired) electrons. The summed E-state index contributed by atoms with van der Waals surface area (Å²) in [4.78, 5) is 2.62. The average molecular weight is 417 g/mol. The molecular formula is C25H37ClN2O. The first-order valence-corrected chi connectivity index (χ1v) is 11.5. The highest BCUT2D eigenvalue weighted by molar-refractivity contribution is 6.30. The molecule has 0 aliphatic heterocycles. The summed E-state index contributed by atoms with van der Waals surface area (Å²) in [7, 11) is 0. The van der Waals surface area contributed by atoms with Crippen LogP contribution in [-0.2, 0) is 13.2 Å². The SMILES string of the molecule is CCCCN(CCCC)CCCNCc1ccccc1OCc1cccc(Cl)c1. The highest BCUT2D eigenvalue weighted by atomic mass is 35.5. The Balaban J connectivity index is 1.74. The second kappa shape index (κ2) is 14.4. The third kappa shape index (κ3) is 9.66. The van der Waals surface area contributed by atoms with Crippen molar-refractivity contribution in [3.8, 4) is 5.75 Å². The van der Waals surface area contributed by atoms with Crippen LogP contribution in [-0.4, -0.2) is 31.1 Å². The van der Waals surface area contributed by atoms with E-state index in [1.807, 2.05) is 36.4 Å². The van der Waals surface area contributed by atoms with Gasteiger partial charge < -0.3 is 15.0 Å². The van der Waals surface area contributed by atoms with E-state index in [1.54, 1.807) is 0 Å². The molecule has 2 aromatic carbocycles. The van der Waals surface area contributed by atoms with Gasteiger partial charge in [0.25, 0.3) is 0 Å². The van der Waals surface area contributed by atoms with Crippen molar-refractivity contribution in [3.05, 3.63) is 64.7 Å². The number of para-hydroxylation sites is 1. The molecule has 0 saturated carbocycles. The summed E-state index contributed by atoms with van der Waals surface area (Å²) in [6.45, 7) is 10.6. The summed E-state index contributed by atoms with van der Waals surface area (Å²) in [6, 6.07) is 16.1. The van der Waals surface area contributed by atoms with Crippen LogP contribution in [0.5, 0.6) is 5.75 Å². The maximum Gasteiger partial charge on any atom is 0.124 e. The number of halogens is 1. The van der Waals surface area contributed by atoms with Gasteiger partial charge in [-0.2, -0.15) is 0 Å². The van der Waals surface area contributed by atoms with Crippen molar-refractivity contribution in [2.75, 3.05) is 26.2 Å². The topological polar surface area (TPSA) is 24.5 Å². The first-order chi connectivity index (χ1) is 14.2. The van der Waals surface area contributed by atoms with Gasteiger partial charge in [0.1, 0.15) is 12.4 Å². The number of benzene rings is 2. The van der Waals surface area contributed by atoms with Crippen LogP contribution in [0.1, 0.15) is 57.1 Å². The van der Waals surface area contributed by atoms with Gasteiger partial charge in [-0.15, -0.1) is 0 Å². The smallest absolute Gasteiger partial charge is 0.124 e. The Kier molecular flexibility index (Phi) is 11.8. The first-order valence-electron chi connectivity index (χ1n) is 11.1. The van der Waals surface area contributed by atoms with Gasteiger partial charge in [-0.25, -0.2) is 0 Å². The predicted molar refractivity (Wildman–Crippen MR) is 125 cm³/mol. The summed E-state index contributed by atoms with van der Waals surface area (Å²) in [5, 5.41) is 4.33. The second-order valence-electron chi connectivity index (χ2n) is 7.61. The molecule has 0 atom stereocenters. The van der Waals surface area contributed by atoms with E-state index >= 15 is 0 Å². The van der Waals surface area contributed by atoms with Crippen molar-refractivity contribution in [3.63, 3.8) is 0 Å². The van der Waals surface area contributed by atoms with E-state index in [0.29, 0.717) is 6.61 Å². The summed E-state index contributed by atoms with van der Waals surface area (Å²) in [5.74, 6) is 0.937. The van der Waals surface area contributed by atoms with Gasteiger partial charge in [0.05, 0.1) is 0 Å². The lowest BCUT2D eigenvalue weighted by Gasteiger charge is -2.22. The second-order valence-corrected chi connectivity index (χ2v) is 8.04. The Morgan fingerprint density at radius 3 is 2.34 bits per heavy atom. The highest BCUT2D eigenvalue weighted by Crippen LogP contribution is 2.20. The van der Waals surface area contributed by atoms with Crippen LogP contribution in [0.25, 0.3) is 0 Å². The van der Waals surface area contributed by atoms with E-state index in [9.17, 15) is 0 Å². The van der Waals surface area contributed by atoms with Crippen molar-refractivity contribution in [1.29, 1.82) is 0 Å². The fourth-order valence-electron chi connectivity index (χ4n) is 3.33. The zero-order valence-corrected chi connectivity index (χ0v) is 18.9. The number of rotatable bonds is 15. The summed E-state index contributed by atoms with van der Waals surface area (Å²) in [5.41, 5.74) is 2.28. The Hall–Kier alpha value is -1.55. The molecule has 0 aromatic heterocycles. The number of ether oxygens (including phenoxy) is 1. The molecule has 4 heteroatoms. The molecule has 3 nitrogen and oxygen atoms in total. The highest BCUT2D eigenvalue weighted by Gasteiger charge is 2.06. The van der Waals surface area contributed by atoms with Gasteiger partial charge in [0.15, 0.2) is 0 Å². The number of nitrogens with zero attached hydrogens (tertiary/aromatic N) is 1. The Morgan fingerprint density at radius 1 is 0.897 bits per heavy atom. The van der Waals surface area contributed by atoms with Gasteiger partial charge in [0, 0.05) is 17.1 Å². The molecule has 1 N–H and O–H groups in total. The van der Waals surface area contributed by atoms with E-state index in [4.69, 9.17) is 16.3 Å². The Labute approximate surface area is 182 Å². The summed E-state index contributed by atoms with van der Waals surface area (Å²) in [6.07, 6.45) is 6.32. The van der Waals surface area contributed by atoms with Gasteiger partial charge in [-0.3, -0.25) is 0 Å². The molecular weight excluding hydrogens is 380 g/mol. The maximum absolute atomic E-state index is 6.07. The molecule has 0 aliphatic carbocycles. The van der Waals surface area contributed by atoms with Gasteiger partial charge in [-0.05, 0) is 69.2 Å². The largest absolute Gasteiger partial charge is 0.489 e. The monoisotopic (exact) mass is 416 g/mol. The molecule has 0 unspecified atom stereocenters. The average Bonchev–Trinajstić information content (AvgIpc) is 2.74. The summed E-state index contributed by atoms with van der Waals surface area (Å²) < 4.78 is 6.06. The van der Waals surface area contributed by atoms with Crippen LogP contribution in [0.3, 0.4) is 0 Å². The zero-order valence-electron chi connectivity index (χ0n) is 18.1. The van der Waals surface area contributed by atoms with Crippen LogP contribution in [0.4, 0.5) is 0 Å². The van der Waals surface area contributed by atoms with Crippen LogP contribution < -0.4 is 10.1 Å². The van der Waals surface area contributed by atoms with Crippen LogP contribution in [0.15, 0.2) is 48.5 Å². The maximum atomic E-state index is 6.07. The van der Waals surface area contributed by atoms with E-state index in [-0.39, 0.29) is 0 Å². The van der Waals surface area contributed by atoms with Gasteiger partial charge in [0.2, 0.25) is 0 Å². The molecule has 0 amide bonds. The van der Waals surface area contributed by atoms with Gasteiger partial charge in [-0.1, -0.05) is 68.6 Å². The number of hydrogen-bond donors (Lipinski definition) is 1. The Morgan fingerprint density at radius 2 is 1.62 bits per heavy atom. The van der Waals surface area contributed by atoms with E-state index in [2.05, 4.69) is 36.2 Å². The first kappa shape index (κ1) is 23.7. The molecule has 0 bridgehead atoms. The fraction of sp³-hybridized carbons (Fsp3) is 0.520. The lowest BCUT2D eigenvalue weighted by Crippen LogP contribution is -2.29. The molecule has 2 aromatic rings. The summed E-state index contributed by atoms with van der Waals surface area (Å²) >= 11 is 6.07. The van der Waals surface area contributed by atoms with E-state index in [0.717, 1.165) is 29.4 Å². The van der Waals surface area contributed by atoms with Crippen molar-refractivity contribution < 1.29 is 4.74 Å². The standard InChI is InChI=1S/C25H37ClN2O/c1-3-5-16-28(17-6-4-2)18-10-15-27-20-23-12-7-8-14-25(23)29-21-22-11-9-13-24(26)19-22/h7-9,11-14,19,27H,3-6,10,15-18,20-21H2,1-2H3. The van der Waals surface area contributed by atoms with Gasteiger partial charge >= 0.3 is 0 Å². The lowest BCUT2D eigenvalue weighted by atomic mass is 10.2. The molecule has 0 heterocycles. The molecule has 0 aliphatic rings. The quantitative estimate of drug-likeness (QED) is 0.345. The minimum Gasteiger partial charge on any atom is -0.489 e. The number of unbranched alkanes of at least 4 members (excludes halogenated alkanes) is 2. The lowest BCUT2D eigenvalue weighted by molar-refractivity contribution is 0.260. The van der Waals surface area contributed by atoms with Crippen LogP contribution >= 0.6 is 11.6 Å². The van der Waals surface area contributed by atoms with E-state index < -0.39 is 0 Å². The molecule has 29 heavy (non-hydrogen) atoms. The normalized spacial score (nSPS) is 11.2. The predicted octanol–water partition coefficient (Wildman–Crippen LogP) is 6.30. The third-order valence-corrected chi connectivity index (χ3v) is 5.29. The molecule has 0 fully saturated rings. The van der Waals surface area contributed by atoms with E-state index in [1.165, 1.54) is 57.3 Å². The molecule has 0 spiro atoms. The third-order valence-electron chi connectivity index (χ3n) is 5.06.